The van der Waals surface area contributed by atoms with Gasteiger partial charge in [-0.1, -0.05) is 51.5 Å². The fourth-order valence-electron chi connectivity index (χ4n) is 5.38. The Morgan fingerprint density at radius 1 is 0.962 bits per heavy atom. The van der Waals surface area contributed by atoms with Crippen molar-refractivity contribution in [2.24, 2.45) is 16.8 Å². The van der Waals surface area contributed by atoms with Crippen molar-refractivity contribution in [3.05, 3.63) is 29.6 Å². The zero-order valence-corrected chi connectivity index (χ0v) is 16.3. The van der Waals surface area contributed by atoms with Crippen molar-refractivity contribution >= 4 is 5.90 Å². The van der Waals surface area contributed by atoms with E-state index in [0.29, 0.717) is 18.6 Å². The van der Waals surface area contributed by atoms with Crippen molar-refractivity contribution in [1.29, 1.82) is 0 Å². The van der Waals surface area contributed by atoms with Crippen LogP contribution < -0.4 is 0 Å². The Morgan fingerprint density at radius 3 is 2.19 bits per heavy atom. The van der Waals surface area contributed by atoms with Crippen LogP contribution in [0.1, 0.15) is 94.9 Å². The second-order valence-electron chi connectivity index (χ2n) is 8.58. The quantitative estimate of drug-likeness (QED) is 0.661. The molecule has 1 aliphatic heterocycles. The first-order valence-corrected chi connectivity index (χ1v) is 11.0. The predicted molar refractivity (Wildman–Crippen MR) is 107 cm³/mol. The Balaban J connectivity index is 1.61. The van der Waals surface area contributed by atoms with E-state index in [-0.39, 0.29) is 0 Å². The van der Waals surface area contributed by atoms with Gasteiger partial charge in [-0.2, -0.15) is 0 Å². The van der Waals surface area contributed by atoms with Crippen molar-refractivity contribution < 1.29 is 4.74 Å². The Labute approximate surface area is 158 Å². The highest BCUT2D eigenvalue weighted by Crippen LogP contribution is 2.45. The van der Waals surface area contributed by atoms with E-state index in [0.717, 1.165) is 29.8 Å². The first-order chi connectivity index (χ1) is 12.8. The lowest BCUT2D eigenvalue weighted by atomic mass is 9.68. The number of aromatic nitrogens is 1. The van der Waals surface area contributed by atoms with Crippen molar-refractivity contribution in [2.75, 3.05) is 6.61 Å². The SMILES string of the molecule is CC[C@@H]1COC(c2cccc(C(C3CCCCC3)C3CCCCC3)n2)=N1. The third kappa shape index (κ3) is 3.97. The van der Waals surface area contributed by atoms with Crippen LogP contribution in [0.2, 0.25) is 0 Å². The number of ether oxygens (including phenoxy) is 1. The molecule has 0 radical (unpaired) electrons. The monoisotopic (exact) mass is 354 g/mol. The Hall–Kier alpha value is -1.38. The fraction of sp³-hybridized carbons (Fsp3) is 0.739. The number of hydrogen-bond donors (Lipinski definition) is 0. The van der Waals surface area contributed by atoms with Gasteiger partial charge < -0.3 is 4.74 Å². The third-order valence-corrected chi connectivity index (χ3v) is 6.83. The van der Waals surface area contributed by atoms with E-state index in [2.05, 4.69) is 25.1 Å². The van der Waals surface area contributed by atoms with Crippen molar-refractivity contribution in [3.63, 3.8) is 0 Å². The standard InChI is InChI=1S/C23H34N2O/c1-2-19-16-26-23(24-19)21-15-9-14-20(25-21)22(17-10-5-3-6-11-17)18-12-7-4-8-13-18/h9,14-15,17-19,22H,2-8,10-13,16H2,1H3/t19-/m1/s1. The maximum Gasteiger partial charge on any atom is 0.235 e. The lowest BCUT2D eigenvalue weighted by Crippen LogP contribution is -2.26. The van der Waals surface area contributed by atoms with Crippen LogP contribution in [0.25, 0.3) is 0 Å². The highest BCUT2D eigenvalue weighted by atomic mass is 16.5. The molecule has 0 spiro atoms. The Bertz CT molecular complexity index is 596. The van der Waals surface area contributed by atoms with Gasteiger partial charge in [0.05, 0.1) is 6.04 Å². The summed E-state index contributed by atoms with van der Waals surface area (Å²) in [5.41, 5.74) is 2.27. The first kappa shape index (κ1) is 18.0. The van der Waals surface area contributed by atoms with Gasteiger partial charge in [0.15, 0.2) is 0 Å². The molecule has 0 aromatic carbocycles. The number of nitrogens with zero attached hydrogens (tertiary/aromatic N) is 2. The topological polar surface area (TPSA) is 34.5 Å². The molecule has 0 amide bonds. The molecule has 4 rings (SSSR count). The van der Waals surface area contributed by atoms with Gasteiger partial charge >= 0.3 is 0 Å². The fourth-order valence-corrected chi connectivity index (χ4v) is 5.38. The maximum absolute atomic E-state index is 5.86. The second-order valence-corrected chi connectivity index (χ2v) is 8.58. The van der Waals surface area contributed by atoms with Gasteiger partial charge in [-0.15, -0.1) is 0 Å². The molecule has 0 bridgehead atoms. The van der Waals surface area contributed by atoms with Crippen molar-refractivity contribution in [2.45, 2.75) is 89.5 Å². The highest BCUT2D eigenvalue weighted by Gasteiger charge is 2.34. The number of aliphatic imine (C=N–C) groups is 1. The summed E-state index contributed by atoms with van der Waals surface area (Å²) in [6.45, 7) is 2.89. The molecule has 2 saturated carbocycles. The summed E-state index contributed by atoms with van der Waals surface area (Å²) < 4.78 is 5.86. The molecule has 3 aliphatic rings. The van der Waals surface area contributed by atoms with Crippen LogP contribution in [-0.2, 0) is 4.74 Å². The van der Waals surface area contributed by atoms with Crippen LogP contribution in [0.15, 0.2) is 23.2 Å². The van der Waals surface area contributed by atoms with Crippen LogP contribution in [0, 0.1) is 11.8 Å². The van der Waals surface area contributed by atoms with E-state index in [4.69, 9.17) is 14.7 Å². The van der Waals surface area contributed by atoms with E-state index < -0.39 is 0 Å². The summed E-state index contributed by atoms with van der Waals surface area (Å²) in [6.07, 6.45) is 15.1. The van der Waals surface area contributed by atoms with Crippen LogP contribution in [-0.4, -0.2) is 23.5 Å². The van der Waals surface area contributed by atoms with Crippen LogP contribution >= 0.6 is 0 Å². The zero-order chi connectivity index (χ0) is 17.8. The van der Waals surface area contributed by atoms with Gasteiger partial charge in [0.1, 0.15) is 12.3 Å². The maximum atomic E-state index is 5.86. The van der Waals surface area contributed by atoms with Gasteiger partial charge in [0.25, 0.3) is 0 Å². The van der Waals surface area contributed by atoms with E-state index >= 15 is 0 Å². The summed E-state index contributed by atoms with van der Waals surface area (Å²) in [7, 11) is 0. The molecular weight excluding hydrogens is 320 g/mol. The summed E-state index contributed by atoms with van der Waals surface area (Å²) in [4.78, 5) is 9.85. The molecule has 2 fully saturated rings. The molecule has 1 aromatic heterocycles. The van der Waals surface area contributed by atoms with Crippen LogP contribution in [0.5, 0.6) is 0 Å². The normalized spacial score (nSPS) is 25.3. The molecule has 0 N–H and O–H groups in total. The van der Waals surface area contributed by atoms with E-state index in [1.165, 1.54) is 69.9 Å². The summed E-state index contributed by atoms with van der Waals surface area (Å²) in [6, 6.07) is 6.85. The van der Waals surface area contributed by atoms with Gasteiger partial charge in [-0.3, -0.25) is 0 Å². The largest absolute Gasteiger partial charge is 0.474 e. The highest BCUT2D eigenvalue weighted by molar-refractivity contribution is 5.93. The average Bonchev–Trinajstić information content (AvgIpc) is 3.20. The van der Waals surface area contributed by atoms with E-state index in [1.807, 2.05) is 0 Å². The molecule has 1 atom stereocenters. The molecule has 26 heavy (non-hydrogen) atoms. The van der Waals surface area contributed by atoms with Gasteiger partial charge in [0.2, 0.25) is 5.90 Å². The molecule has 142 valence electrons. The first-order valence-electron chi connectivity index (χ1n) is 11.0. The molecular formula is C23H34N2O. The van der Waals surface area contributed by atoms with Gasteiger partial charge in [0, 0.05) is 11.6 Å². The molecule has 0 unspecified atom stereocenters. The minimum absolute atomic E-state index is 0.308. The number of rotatable bonds is 5. The number of hydrogen-bond acceptors (Lipinski definition) is 3. The third-order valence-electron chi connectivity index (χ3n) is 6.83. The van der Waals surface area contributed by atoms with Crippen LogP contribution in [0.4, 0.5) is 0 Å². The lowest BCUT2D eigenvalue weighted by Gasteiger charge is -2.37. The van der Waals surface area contributed by atoms with Gasteiger partial charge in [-0.05, 0) is 56.1 Å². The molecule has 1 aromatic rings. The van der Waals surface area contributed by atoms with Gasteiger partial charge in [-0.25, -0.2) is 9.98 Å². The minimum atomic E-state index is 0.308. The zero-order valence-electron chi connectivity index (χ0n) is 16.3. The summed E-state index contributed by atoms with van der Waals surface area (Å²) in [5, 5.41) is 0. The van der Waals surface area contributed by atoms with Crippen molar-refractivity contribution in [1.82, 2.24) is 4.98 Å². The molecule has 2 heterocycles. The molecule has 0 saturated heterocycles. The van der Waals surface area contributed by atoms with Crippen LogP contribution in [0.3, 0.4) is 0 Å². The predicted octanol–water partition coefficient (Wildman–Crippen LogP) is 5.88. The summed E-state index contributed by atoms with van der Waals surface area (Å²) in [5.74, 6) is 3.05. The Morgan fingerprint density at radius 2 is 1.62 bits per heavy atom. The minimum Gasteiger partial charge on any atom is -0.474 e. The second kappa shape index (κ2) is 8.54. The molecule has 2 aliphatic carbocycles. The lowest BCUT2D eigenvalue weighted by molar-refractivity contribution is 0.199. The molecule has 3 heteroatoms. The van der Waals surface area contributed by atoms with E-state index in [1.54, 1.807) is 0 Å². The average molecular weight is 355 g/mol. The smallest absolute Gasteiger partial charge is 0.235 e. The number of pyridine rings is 1. The van der Waals surface area contributed by atoms with E-state index in [9.17, 15) is 0 Å². The van der Waals surface area contributed by atoms with Crippen molar-refractivity contribution in [3.8, 4) is 0 Å². The molecule has 3 nitrogen and oxygen atoms in total. The Kier molecular flexibility index (Phi) is 5.91. The summed E-state index contributed by atoms with van der Waals surface area (Å²) >= 11 is 0.